The van der Waals surface area contributed by atoms with Crippen molar-refractivity contribution in [3.8, 4) is 0 Å². The van der Waals surface area contributed by atoms with Gasteiger partial charge in [0.15, 0.2) is 0 Å². The van der Waals surface area contributed by atoms with Gasteiger partial charge in [0.05, 0.1) is 0 Å². The van der Waals surface area contributed by atoms with Crippen LogP contribution in [0.15, 0.2) is 17.5 Å². The molecule has 0 saturated heterocycles. The van der Waals surface area contributed by atoms with Gasteiger partial charge in [-0.05, 0) is 49.6 Å². The van der Waals surface area contributed by atoms with Crippen LogP contribution in [0.3, 0.4) is 0 Å². The fourth-order valence-corrected chi connectivity index (χ4v) is 2.99. The molecule has 0 saturated carbocycles. The third-order valence-electron chi connectivity index (χ3n) is 3.14. The van der Waals surface area contributed by atoms with Crippen LogP contribution in [0.1, 0.15) is 38.0 Å². The molecule has 3 heteroatoms. The van der Waals surface area contributed by atoms with Gasteiger partial charge in [-0.2, -0.15) is 0 Å². The molecule has 104 valence electrons. The fraction of sp³-hybridized carbons (Fsp3) is 0.733. The molecule has 1 N–H and O–H groups in total. The van der Waals surface area contributed by atoms with Gasteiger partial charge in [-0.1, -0.05) is 19.9 Å². The number of methoxy groups -OCH3 is 1. The summed E-state index contributed by atoms with van der Waals surface area (Å²) in [6.07, 6.45) is 4.83. The molecule has 0 aliphatic heterocycles. The predicted molar refractivity (Wildman–Crippen MR) is 80.4 cm³/mol. The molecular weight excluding hydrogens is 242 g/mol. The topological polar surface area (TPSA) is 21.3 Å². The lowest BCUT2D eigenvalue weighted by atomic mass is 9.98. The lowest BCUT2D eigenvalue weighted by Crippen LogP contribution is -2.32. The third kappa shape index (κ3) is 6.53. The first-order chi connectivity index (χ1) is 8.76. The van der Waals surface area contributed by atoms with Crippen molar-refractivity contribution in [3.63, 3.8) is 0 Å². The molecule has 1 rings (SSSR count). The Morgan fingerprint density at radius 2 is 2.28 bits per heavy atom. The van der Waals surface area contributed by atoms with Gasteiger partial charge in [-0.25, -0.2) is 0 Å². The van der Waals surface area contributed by atoms with E-state index in [1.54, 1.807) is 7.11 Å². The average molecular weight is 269 g/mol. The molecule has 1 heterocycles. The van der Waals surface area contributed by atoms with Crippen LogP contribution < -0.4 is 5.32 Å². The number of hydrogen-bond donors (Lipinski definition) is 1. The maximum Gasteiger partial charge on any atom is 0.0488 e. The molecular formula is C15H27NOS. The quantitative estimate of drug-likeness (QED) is 0.699. The number of aryl methyl sites for hydroxylation is 1. The van der Waals surface area contributed by atoms with Gasteiger partial charge in [-0.3, -0.25) is 0 Å². The average Bonchev–Trinajstić information content (AvgIpc) is 2.86. The summed E-state index contributed by atoms with van der Waals surface area (Å²) >= 11 is 1.87. The number of hydrogen-bond acceptors (Lipinski definition) is 3. The maximum atomic E-state index is 5.23. The van der Waals surface area contributed by atoms with Gasteiger partial charge >= 0.3 is 0 Å². The van der Waals surface area contributed by atoms with E-state index >= 15 is 0 Å². The summed E-state index contributed by atoms with van der Waals surface area (Å²) in [4.78, 5) is 1.50. The van der Waals surface area contributed by atoms with Crippen molar-refractivity contribution in [2.75, 3.05) is 20.3 Å². The predicted octanol–water partition coefficient (Wildman–Crippen LogP) is 3.72. The molecule has 0 aromatic carbocycles. The highest BCUT2D eigenvalue weighted by molar-refractivity contribution is 7.09. The lowest BCUT2D eigenvalue weighted by molar-refractivity contribution is 0.148. The van der Waals surface area contributed by atoms with Crippen molar-refractivity contribution in [3.05, 3.63) is 22.4 Å². The summed E-state index contributed by atoms with van der Waals surface area (Å²) in [5.41, 5.74) is 0. The first-order valence-electron chi connectivity index (χ1n) is 7.01. The summed E-state index contributed by atoms with van der Waals surface area (Å²) in [6.45, 7) is 6.48. The smallest absolute Gasteiger partial charge is 0.0488 e. The van der Waals surface area contributed by atoms with Crippen LogP contribution in [0, 0.1) is 5.92 Å². The Morgan fingerprint density at radius 3 is 2.89 bits per heavy atom. The zero-order chi connectivity index (χ0) is 13.2. The normalized spacial score (nSPS) is 14.6. The van der Waals surface area contributed by atoms with Gasteiger partial charge in [0, 0.05) is 24.6 Å². The molecule has 0 amide bonds. The van der Waals surface area contributed by atoms with Crippen LogP contribution in [0.5, 0.6) is 0 Å². The van der Waals surface area contributed by atoms with Gasteiger partial charge in [0.1, 0.15) is 0 Å². The molecule has 2 unspecified atom stereocenters. The van der Waals surface area contributed by atoms with Gasteiger partial charge < -0.3 is 10.1 Å². The van der Waals surface area contributed by atoms with Crippen molar-refractivity contribution in [2.24, 2.45) is 5.92 Å². The first kappa shape index (κ1) is 15.7. The third-order valence-corrected chi connectivity index (χ3v) is 4.08. The minimum absolute atomic E-state index is 0.622. The van der Waals surface area contributed by atoms with Crippen LogP contribution >= 0.6 is 11.3 Å². The van der Waals surface area contributed by atoms with Gasteiger partial charge in [0.2, 0.25) is 0 Å². The van der Waals surface area contributed by atoms with E-state index in [2.05, 4.69) is 36.7 Å². The van der Waals surface area contributed by atoms with E-state index in [0.717, 1.165) is 13.2 Å². The fourth-order valence-electron chi connectivity index (χ4n) is 2.26. The van der Waals surface area contributed by atoms with E-state index in [1.807, 2.05) is 11.3 Å². The summed E-state index contributed by atoms with van der Waals surface area (Å²) in [6, 6.07) is 5.00. The van der Waals surface area contributed by atoms with Crippen LogP contribution in [0.2, 0.25) is 0 Å². The van der Waals surface area contributed by atoms with E-state index < -0.39 is 0 Å². The van der Waals surface area contributed by atoms with Crippen molar-refractivity contribution in [1.82, 2.24) is 5.32 Å². The second-order valence-electron chi connectivity index (χ2n) is 5.07. The van der Waals surface area contributed by atoms with Crippen molar-refractivity contribution >= 4 is 11.3 Å². The van der Waals surface area contributed by atoms with Crippen LogP contribution in [0.4, 0.5) is 0 Å². The monoisotopic (exact) mass is 269 g/mol. The Kier molecular flexibility index (Phi) is 8.31. The highest BCUT2D eigenvalue weighted by atomic mass is 32.1. The molecule has 1 aromatic rings. The van der Waals surface area contributed by atoms with Crippen LogP contribution in [0.25, 0.3) is 0 Å². The van der Waals surface area contributed by atoms with E-state index in [4.69, 9.17) is 4.74 Å². The number of rotatable bonds is 10. The molecule has 2 atom stereocenters. The van der Waals surface area contributed by atoms with Crippen molar-refractivity contribution < 1.29 is 4.74 Å². The van der Waals surface area contributed by atoms with Gasteiger partial charge in [-0.15, -0.1) is 11.3 Å². The summed E-state index contributed by atoms with van der Waals surface area (Å²) in [7, 11) is 1.79. The van der Waals surface area contributed by atoms with E-state index in [0.29, 0.717) is 12.0 Å². The van der Waals surface area contributed by atoms with Crippen molar-refractivity contribution in [2.45, 2.75) is 45.6 Å². The summed E-state index contributed by atoms with van der Waals surface area (Å²) in [5.74, 6) is 0.632. The number of nitrogens with one attached hydrogen (secondary N) is 1. The van der Waals surface area contributed by atoms with E-state index in [1.165, 1.54) is 30.6 Å². The maximum absolute atomic E-state index is 5.23. The minimum Gasteiger partial charge on any atom is -0.384 e. The molecule has 0 radical (unpaired) electrons. The molecule has 2 nitrogen and oxygen atoms in total. The zero-order valence-electron chi connectivity index (χ0n) is 11.9. The molecule has 0 aliphatic rings. The Labute approximate surface area is 116 Å². The lowest BCUT2D eigenvalue weighted by Gasteiger charge is -2.21. The van der Waals surface area contributed by atoms with Gasteiger partial charge in [0.25, 0.3) is 0 Å². The second-order valence-corrected chi connectivity index (χ2v) is 6.10. The highest BCUT2D eigenvalue weighted by Gasteiger charge is 2.12. The minimum atomic E-state index is 0.622. The van der Waals surface area contributed by atoms with E-state index in [9.17, 15) is 0 Å². The first-order valence-corrected chi connectivity index (χ1v) is 7.88. The largest absolute Gasteiger partial charge is 0.384 e. The Bertz CT molecular complexity index is 287. The Morgan fingerprint density at radius 1 is 1.44 bits per heavy atom. The molecule has 0 aliphatic carbocycles. The summed E-state index contributed by atoms with van der Waals surface area (Å²) in [5, 5.41) is 5.83. The second kappa shape index (κ2) is 9.54. The molecule has 0 bridgehead atoms. The van der Waals surface area contributed by atoms with E-state index in [-0.39, 0.29) is 0 Å². The molecule has 0 fully saturated rings. The van der Waals surface area contributed by atoms with Crippen molar-refractivity contribution in [1.29, 1.82) is 0 Å². The zero-order valence-corrected chi connectivity index (χ0v) is 12.8. The Balaban J connectivity index is 2.34. The molecule has 1 aromatic heterocycles. The Hall–Kier alpha value is -0.380. The standard InChI is InChI=1S/C15H27NOS/c1-4-9-16-14(11-13(2)12-17-3)7-8-15-6-5-10-18-15/h5-6,10,13-14,16H,4,7-9,11-12H2,1-3H3. The molecule has 0 spiro atoms. The van der Waals surface area contributed by atoms with Crippen LogP contribution in [-0.2, 0) is 11.2 Å². The SMILES string of the molecule is CCCNC(CCc1cccs1)CC(C)COC. The molecule has 18 heavy (non-hydrogen) atoms. The number of thiophene rings is 1. The van der Waals surface area contributed by atoms with Crippen LogP contribution in [-0.4, -0.2) is 26.3 Å². The number of ether oxygens (including phenoxy) is 1. The highest BCUT2D eigenvalue weighted by Crippen LogP contribution is 2.16. The summed E-state index contributed by atoms with van der Waals surface area (Å²) < 4.78 is 5.23.